The van der Waals surface area contributed by atoms with Gasteiger partial charge in [-0.1, -0.05) is 13.8 Å². The van der Waals surface area contributed by atoms with Crippen LogP contribution in [0.1, 0.15) is 32.6 Å². The Morgan fingerprint density at radius 1 is 1.25 bits per heavy atom. The Kier molecular flexibility index (Phi) is 4.97. The molecule has 128 valence electrons. The normalized spacial score (nSPS) is 21.0. The van der Waals surface area contributed by atoms with E-state index in [-0.39, 0.29) is 11.7 Å². The molecule has 1 saturated heterocycles. The minimum Gasteiger partial charge on any atom is -0.441 e. The van der Waals surface area contributed by atoms with Crippen LogP contribution in [-0.2, 0) is 11.2 Å². The molecule has 1 aliphatic heterocycles. The molecule has 4 nitrogen and oxygen atoms in total. The van der Waals surface area contributed by atoms with Crippen molar-refractivity contribution < 1.29 is 13.6 Å². The summed E-state index contributed by atoms with van der Waals surface area (Å²) in [7, 11) is 0. The summed E-state index contributed by atoms with van der Waals surface area (Å²) < 4.78 is 18.6. The number of likely N-dealkylation sites (tertiary alicyclic amines) is 1. The Hall–Kier alpha value is -2.17. The standard InChI is InChI=1S/C19H23FN2O2/c1-13-9-14(2)12-22(11-13)19(23)8-7-18-21-10-17(24-18)15-3-5-16(20)6-4-15/h3-6,10,13-14H,7-9,11-12H2,1-2H3/t13-,14+. The lowest BCUT2D eigenvalue weighted by Gasteiger charge is -2.35. The highest BCUT2D eigenvalue weighted by atomic mass is 19.1. The molecule has 5 heteroatoms. The number of carbonyl (C=O) groups is 1. The van der Waals surface area contributed by atoms with E-state index in [2.05, 4.69) is 18.8 Å². The third kappa shape index (κ3) is 4.02. The van der Waals surface area contributed by atoms with Gasteiger partial charge in [-0.3, -0.25) is 4.79 Å². The third-order valence-electron chi connectivity index (χ3n) is 4.46. The monoisotopic (exact) mass is 330 g/mol. The van der Waals surface area contributed by atoms with Gasteiger partial charge in [-0.2, -0.15) is 0 Å². The molecular formula is C19H23FN2O2. The van der Waals surface area contributed by atoms with Gasteiger partial charge in [0.25, 0.3) is 0 Å². The molecule has 3 rings (SSSR count). The average molecular weight is 330 g/mol. The van der Waals surface area contributed by atoms with E-state index in [0.29, 0.717) is 36.3 Å². The summed E-state index contributed by atoms with van der Waals surface area (Å²) in [6.45, 7) is 6.07. The smallest absolute Gasteiger partial charge is 0.223 e. The molecule has 0 aliphatic carbocycles. The van der Waals surface area contributed by atoms with Gasteiger partial charge in [0.15, 0.2) is 11.7 Å². The van der Waals surface area contributed by atoms with Crippen LogP contribution in [0.3, 0.4) is 0 Å². The van der Waals surface area contributed by atoms with Crippen LogP contribution in [0.4, 0.5) is 4.39 Å². The number of carbonyl (C=O) groups excluding carboxylic acids is 1. The van der Waals surface area contributed by atoms with E-state index in [1.807, 2.05) is 4.90 Å². The predicted molar refractivity (Wildman–Crippen MR) is 89.7 cm³/mol. The summed E-state index contributed by atoms with van der Waals surface area (Å²) in [6, 6.07) is 6.09. The number of nitrogens with zero attached hydrogens (tertiary/aromatic N) is 2. The molecule has 1 aromatic carbocycles. The van der Waals surface area contributed by atoms with E-state index < -0.39 is 0 Å². The van der Waals surface area contributed by atoms with Gasteiger partial charge in [0.1, 0.15) is 5.82 Å². The molecular weight excluding hydrogens is 307 g/mol. The Morgan fingerprint density at radius 3 is 2.58 bits per heavy atom. The summed E-state index contributed by atoms with van der Waals surface area (Å²) in [6.07, 6.45) is 3.70. The molecule has 24 heavy (non-hydrogen) atoms. The molecule has 0 saturated carbocycles. The minimum absolute atomic E-state index is 0.162. The Morgan fingerprint density at radius 2 is 1.92 bits per heavy atom. The lowest BCUT2D eigenvalue weighted by atomic mass is 9.91. The Bertz CT molecular complexity index is 686. The van der Waals surface area contributed by atoms with Gasteiger partial charge in [-0.05, 0) is 42.5 Å². The zero-order valence-corrected chi connectivity index (χ0v) is 14.2. The fraction of sp³-hybridized carbons (Fsp3) is 0.474. The maximum atomic E-state index is 13.0. The maximum Gasteiger partial charge on any atom is 0.223 e. The van der Waals surface area contributed by atoms with Crippen LogP contribution in [0.25, 0.3) is 11.3 Å². The highest BCUT2D eigenvalue weighted by Gasteiger charge is 2.25. The topological polar surface area (TPSA) is 46.3 Å². The van der Waals surface area contributed by atoms with Gasteiger partial charge in [-0.15, -0.1) is 0 Å². The Labute approximate surface area is 141 Å². The van der Waals surface area contributed by atoms with E-state index in [1.54, 1.807) is 18.3 Å². The molecule has 0 spiro atoms. The number of piperidine rings is 1. The van der Waals surface area contributed by atoms with Crippen LogP contribution in [0, 0.1) is 17.7 Å². The highest BCUT2D eigenvalue weighted by molar-refractivity contribution is 5.76. The number of benzene rings is 1. The molecule has 1 aliphatic rings. The lowest BCUT2D eigenvalue weighted by molar-refractivity contribution is -0.133. The van der Waals surface area contributed by atoms with Crippen molar-refractivity contribution in [1.29, 1.82) is 0 Å². The number of aromatic nitrogens is 1. The van der Waals surface area contributed by atoms with Crippen molar-refractivity contribution in [2.75, 3.05) is 13.1 Å². The second-order valence-electron chi connectivity index (χ2n) is 6.87. The lowest BCUT2D eigenvalue weighted by Crippen LogP contribution is -2.42. The SMILES string of the molecule is C[C@@H]1C[C@H](C)CN(C(=O)CCc2ncc(-c3ccc(F)cc3)o2)C1. The van der Waals surface area contributed by atoms with Crippen molar-refractivity contribution in [2.45, 2.75) is 33.1 Å². The van der Waals surface area contributed by atoms with Crippen LogP contribution in [0.5, 0.6) is 0 Å². The number of oxazole rings is 1. The first-order valence-electron chi connectivity index (χ1n) is 8.49. The quantitative estimate of drug-likeness (QED) is 0.853. The number of amides is 1. The first-order valence-corrected chi connectivity index (χ1v) is 8.49. The van der Waals surface area contributed by atoms with Crippen molar-refractivity contribution in [3.63, 3.8) is 0 Å². The largest absolute Gasteiger partial charge is 0.441 e. The van der Waals surface area contributed by atoms with Crippen LogP contribution in [0.15, 0.2) is 34.9 Å². The number of aryl methyl sites for hydroxylation is 1. The van der Waals surface area contributed by atoms with Gasteiger partial charge >= 0.3 is 0 Å². The van der Waals surface area contributed by atoms with Gasteiger partial charge < -0.3 is 9.32 Å². The first-order chi connectivity index (χ1) is 11.5. The third-order valence-corrected chi connectivity index (χ3v) is 4.46. The minimum atomic E-state index is -0.283. The zero-order chi connectivity index (χ0) is 17.1. The molecule has 0 unspecified atom stereocenters. The number of hydrogen-bond donors (Lipinski definition) is 0. The van der Waals surface area contributed by atoms with E-state index in [4.69, 9.17) is 4.42 Å². The van der Waals surface area contributed by atoms with Gasteiger partial charge in [0.05, 0.1) is 6.20 Å². The molecule has 0 N–H and O–H groups in total. The van der Waals surface area contributed by atoms with Crippen LogP contribution < -0.4 is 0 Å². The van der Waals surface area contributed by atoms with Crippen molar-refractivity contribution in [1.82, 2.24) is 9.88 Å². The van der Waals surface area contributed by atoms with E-state index in [9.17, 15) is 9.18 Å². The van der Waals surface area contributed by atoms with Crippen LogP contribution >= 0.6 is 0 Å². The van der Waals surface area contributed by atoms with E-state index >= 15 is 0 Å². The molecule has 0 bridgehead atoms. The summed E-state index contributed by atoms with van der Waals surface area (Å²) >= 11 is 0. The number of rotatable bonds is 4. The Balaban J connectivity index is 1.57. The number of halogens is 1. The molecule has 2 aromatic rings. The zero-order valence-electron chi connectivity index (χ0n) is 14.2. The molecule has 0 radical (unpaired) electrons. The van der Waals surface area contributed by atoms with Crippen molar-refractivity contribution in [3.05, 3.63) is 42.2 Å². The highest BCUT2D eigenvalue weighted by Crippen LogP contribution is 2.23. The molecule has 1 fully saturated rings. The second kappa shape index (κ2) is 7.16. The van der Waals surface area contributed by atoms with Crippen LogP contribution in [-0.4, -0.2) is 28.9 Å². The predicted octanol–water partition coefficient (Wildman–Crippen LogP) is 3.92. The second-order valence-corrected chi connectivity index (χ2v) is 6.87. The molecule has 2 atom stereocenters. The number of hydrogen-bond acceptors (Lipinski definition) is 3. The van der Waals surface area contributed by atoms with Gasteiger partial charge in [-0.25, -0.2) is 9.37 Å². The maximum absolute atomic E-state index is 13.0. The van der Waals surface area contributed by atoms with Crippen molar-refractivity contribution in [2.24, 2.45) is 11.8 Å². The molecule has 1 aromatic heterocycles. The van der Waals surface area contributed by atoms with Gasteiger partial charge in [0.2, 0.25) is 5.91 Å². The summed E-state index contributed by atoms with van der Waals surface area (Å²) in [5.74, 6) is 2.14. The summed E-state index contributed by atoms with van der Waals surface area (Å²) in [4.78, 5) is 18.6. The fourth-order valence-electron chi connectivity index (χ4n) is 3.41. The molecule has 2 heterocycles. The van der Waals surface area contributed by atoms with E-state index in [1.165, 1.54) is 18.6 Å². The average Bonchev–Trinajstić information content (AvgIpc) is 3.01. The van der Waals surface area contributed by atoms with Crippen molar-refractivity contribution >= 4 is 5.91 Å². The van der Waals surface area contributed by atoms with Crippen LogP contribution in [0.2, 0.25) is 0 Å². The fourth-order valence-corrected chi connectivity index (χ4v) is 3.41. The molecule has 1 amide bonds. The first kappa shape index (κ1) is 16.7. The summed E-state index contributed by atoms with van der Waals surface area (Å²) in [5, 5.41) is 0. The van der Waals surface area contributed by atoms with Gasteiger partial charge in [0, 0.05) is 31.5 Å². The van der Waals surface area contributed by atoms with Crippen molar-refractivity contribution in [3.8, 4) is 11.3 Å². The van der Waals surface area contributed by atoms with E-state index in [0.717, 1.165) is 18.7 Å². The summed E-state index contributed by atoms with van der Waals surface area (Å²) in [5.41, 5.74) is 0.778.